The maximum Gasteiger partial charge on any atom is 0.573 e. The van der Waals surface area contributed by atoms with Crippen LogP contribution < -0.4 is 9.47 Å². The molecule has 6 nitrogen and oxygen atoms in total. The number of nitrogens with zero attached hydrogens (tertiary/aromatic N) is 2. The van der Waals surface area contributed by atoms with Crippen molar-refractivity contribution < 1.29 is 32.2 Å². The number of alkyl halides is 3. The van der Waals surface area contributed by atoms with Crippen molar-refractivity contribution in [3.63, 3.8) is 0 Å². The Kier molecular flexibility index (Phi) is 7.26. The van der Waals surface area contributed by atoms with Crippen LogP contribution in [0.25, 0.3) is 0 Å². The summed E-state index contributed by atoms with van der Waals surface area (Å²) in [5.74, 6) is 0.0444. The fraction of sp³-hybridized carbons (Fsp3) is 0.650. The van der Waals surface area contributed by atoms with Gasteiger partial charge < -0.3 is 19.1 Å². The first-order chi connectivity index (χ1) is 13.3. The molecule has 1 heterocycles. The van der Waals surface area contributed by atoms with E-state index in [9.17, 15) is 18.0 Å². The Hall–Kier alpha value is -2.16. The summed E-state index contributed by atoms with van der Waals surface area (Å²) in [6.07, 6.45) is -5.34. The van der Waals surface area contributed by atoms with Crippen LogP contribution in [0.2, 0.25) is 0 Å². The second-order valence-electron chi connectivity index (χ2n) is 8.23. The van der Waals surface area contributed by atoms with Crippen molar-refractivity contribution >= 4 is 6.09 Å². The van der Waals surface area contributed by atoms with E-state index >= 15 is 0 Å². The molecule has 0 N–H and O–H groups in total. The van der Waals surface area contributed by atoms with E-state index in [2.05, 4.69) is 4.74 Å². The minimum atomic E-state index is -4.79. The predicted octanol–water partition coefficient (Wildman–Crippen LogP) is 4.43. The quantitative estimate of drug-likeness (QED) is 0.708. The van der Waals surface area contributed by atoms with Crippen LogP contribution in [0, 0.1) is 0 Å². The van der Waals surface area contributed by atoms with Crippen LogP contribution >= 0.6 is 0 Å². The number of carbonyl (C=O) groups excluding carboxylic acids is 1. The van der Waals surface area contributed by atoms with E-state index in [1.54, 1.807) is 51.7 Å². The van der Waals surface area contributed by atoms with Gasteiger partial charge in [-0.2, -0.15) is 0 Å². The Labute approximate surface area is 169 Å². The number of carbonyl (C=O) groups is 1. The zero-order chi connectivity index (χ0) is 21.8. The number of ether oxygens (including phenoxy) is 3. The highest BCUT2D eigenvalue weighted by Gasteiger charge is 2.33. The van der Waals surface area contributed by atoms with E-state index in [4.69, 9.17) is 9.47 Å². The number of hydrogen-bond acceptors (Lipinski definition) is 5. The lowest BCUT2D eigenvalue weighted by molar-refractivity contribution is -0.275. The van der Waals surface area contributed by atoms with E-state index in [-0.39, 0.29) is 24.5 Å². The fourth-order valence-electron chi connectivity index (χ4n) is 2.89. The molecule has 1 fully saturated rings. The van der Waals surface area contributed by atoms with E-state index < -0.39 is 12.0 Å². The highest BCUT2D eigenvalue weighted by Crippen LogP contribution is 2.31. The second kappa shape index (κ2) is 9.11. The molecule has 1 aromatic carbocycles. The Morgan fingerprint density at radius 2 is 1.72 bits per heavy atom. The van der Waals surface area contributed by atoms with Gasteiger partial charge in [0.2, 0.25) is 0 Å². The lowest BCUT2D eigenvalue weighted by Gasteiger charge is -2.35. The molecule has 0 aliphatic carbocycles. The Bertz CT molecular complexity index is 694. The molecule has 0 radical (unpaired) electrons. The maximum absolute atomic E-state index is 12.8. The molecule has 0 bridgehead atoms. The van der Waals surface area contributed by atoms with Gasteiger partial charge in [-0.05, 0) is 40.7 Å². The van der Waals surface area contributed by atoms with Gasteiger partial charge >= 0.3 is 12.5 Å². The van der Waals surface area contributed by atoms with Crippen molar-refractivity contribution in [1.82, 2.24) is 9.80 Å². The third kappa shape index (κ3) is 8.00. The maximum atomic E-state index is 12.8. The van der Waals surface area contributed by atoms with Crippen molar-refractivity contribution in [2.75, 3.05) is 26.2 Å². The van der Waals surface area contributed by atoms with Gasteiger partial charge in [-0.1, -0.05) is 6.07 Å². The summed E-state index contributed by atoms with van der Waals surface area (Å²) in [6, 6.07) is 4.48. The molecule has 2 rings (SSSR count). The van der Waals surface area contributed by atoms with E-state index in [1.165, 1.54) is 6.07 Å². The molecule has 0 atom stereocenters. The van der Waals surface area contributed by atoms with Crippen molar-refractivity contribution in [3.8, 4) is 11.5 Å². The Balaban J connectivity index is 2.03. The van der Waals surface area contributed by atoms with Crippen LogP contribution in [0.1, 0.15) is 40.2 Å². The van der Waals surface area contributed by atoms with Gasteiger partial charge in [-0.3, -0.25) is 4.90 Å². The van der Waals surface area contributed by atoms with E-state index in [0.29, 0.717) is 37.5 Å². The average molecular weight is 418 g/mol. The highest BCUT2D eigenvalue weighted by molar-refractivity contribution is 5.68. The molecule has 0 saturated carbocycles. The zero-order valence-corrected chi connectivity index (χ0v) is 17.5. The topological polar surface area (TPSA) is 51.2 Å². The molecule has 1 aliphatic heterocycles. The smallest absolute Gasteiger partial charge is 0.491 e. The van der Waals surface area contributed by atoms with Crippen LogP contribution in [0.3, 0.4) is 0 Å². The molecular formula is C20H29F3N2O4. The molecule has 9 heteroatoms. The number of amides is 1. The molecule has 1 amide bonds. The minimum absolute atomic E-state index is 0.166. The molecule has 29 heavy (non-hydrogen) atoms. The zero-order valence-electron chi connectivity index (χ0n) is 17.5. The van der Waals surface area contributed by atoms with Crippen LogP contribution in [0.15, 0.2) is 18.2 Å². The molecule has 0 unspecified atom stereocenters. The number of halogens is 3. The van der Waals surface area contributed by atoms with Gasteiger partial charge in [0, 0.05) is 44.4 Å². The monoisotopic (exact) mass is 418 g/mol. The van der Waals surface area contributed by atoms with Gasteiger partial charge in [0.05, 0.1) is 6.10 Å². The molecule has 1 aliphatic rings. The first kappa shape index (κ1) is 23.1. The standard InChI is InChI=1S/C20H29F3N2O4/c1-14(2)27-16-7-6-15(17(12-16)28-20(21,22)23)13-24-8-10-25(11-9-24)18(26)29-19(3,4)5/h6-7,12,14H,8-11,13H2,1-5H3. The molecule has 1 aromatic rings. The van der Waals surface area contributed by atoms with E-state index in [0.717, 1.165) is 0 Å². The van der Waals surface area contributed by atoms with Crippen LogP contribution in [-0.4, -0.2) is 60.1 Å². The van der Waals surface area contributed by atoms with Crippen LogP contribution in [0.5, 0.6) is 11.5 Å². The second-order valence-corrected chi connectivity index (χ2v) is 8.23. The summed E-state index contributed by atoms with van der Waals surface area (Å²) in [4.78, 5) is 15.7. The number of hydrogen-bond donors (Lipinski definition) is 0. The van der Waals surface area contributed by atoms with Gasteiger partial charge in [0.1, 0.15) is 17.1 Å². The molecule has 1 saturated heterocycles. The van der Waals surface area contributed by atoms with Gasteiger partial charge in [-0.15, -0.1) is 13.2 Å². The van der Waals surface area contributed by atoms with Crippen molar-refractivity contribution in [2.45, 2.75) is 59.2 Å². The lowest BCUT2D eigenvalue weighted by Crippen LogP contribution is -2.49. The highest BCUT2D eigenvalue weighted by atomic mass is 19.4. The summed E-state index contributed by atoms with van der Waals surface area (Å²) in [5, 5.41) is 0. The van der Waals surface area contributed by atoms with Crippen LogP contribution in [0.4, 0.5) is 18.0 Å². The van der Waals surface area contributed by atoms with Crippen molar-refractivity contribution in [2.24, 2.45) is 0 Å². The van der Waals surface area contributed by atoms with Gasteiger partial charge in [0.25, 0.3) is 0 Å². The third-order valence-electron chi connectivity index (χ3n) is 4.05. The molecule has 164 valence electrons. The number of benzene rings is 1. The average Bonchev–Trinajstić information content (AvgIpc) is 2.54. The van der Waals surface area contributed by atoms with Gasteiger partial charge in [-0.25, -0.2) is 4.79 Å². The fourth-order valence-corrected chi connectivity index (χ4v) is 2.89. The first-order valence-electron chi connectivity index (χ1n) is 9.58. The first-order valence-corrected chi connectivity index (χ1v) is 9.58. The van der Waals surface area contributed by atoms with E-state index in [1.807, 2.05) is 4.90 Å². The largest absolute Gasteiger partial charge is 0.573 e. The molecule has 0 spiro atoms. The van der Waals surface area contributed by atoms with Crippen LogP contribution in [-0.2, 0) is 11.3 Å². The Morgan fingerprint density at radius 1 is 1.10 bits per heavy atom. The SMILES string of the molecule is CC(C)Oc1ccc(CN2CCN(C(=O)OC(C)(C)C)CC2)c(OC(F)(F)F)c1. The molecule has 0 aromatic heterocycles. The summed E-state index contributed by atoms with van der Waals surface area (Å²) in [7, 11) is 0. The number of piperazine rings is 1. The van der Waals surface area contributed by atoms with Gasteiger partial charge in [0.15, 0.2) is 0 Å². The van der Waals surface area contributed by atoms with Crippen molar-refractivity contribution in [1.29, 1.82) is 0 Å². The normalized spacial score (nSPS) is 16.1. The summed E-state index contributed by atoms with van der Waals surface area (Å²) in [5.41, 5.74) is -0.165. The molecular weight excluding hydrogens is 389 g/mol. The minimum Gasteiger partial charge on any atom is -0.491 e. The summed E-state index contributed by atoms with van der Waals surface area (Å²) < 4.78 is 53.6. The summed E-state index contributed by atoms with van der Waals surface area (Å²) in [6.45, 7) is 11.2. The van der Waals surface area contributed by atoms with Crippen molar-refractivity contribution in [3.05, 3.63) is 23.8 Å². The lowest BCUT2D eigenvalue weighted by atomic mass is 10.1. The summed E-state index contributed by atoms with van der Waals surface area (Å²) >= 11 is 0. The number of rotatable bonds is 5. The predicted molar refractivity (Wildman–Crippen MR) is 102 cm³/mol. The third-order valence-corrected chi connectivity index (χ3v) is 4.05. The Morgan fingerprint density at radius 3 is 2.24 bits per heavy atom.